The lowest BCUT2D eigenvalue weighted by molar-refractivity contribution is -0.137. The van der Waals surface area contributed by atoms with Crippen molar-refractivity contribution >= 4 is 21.6 Å². The number of aryl methyl sites for hydroxylation is 1. The predicted molar refractivity (Wildman–Crippen MR) is 142 cm³/mol. The summed E-state index contributed by atoms with van der Waals surface area (Å²) in [5.41, 5.74) is 0.647. The number of aliphatic hydroxyl groups excluding tert-OH is 1. The van der Waals surface area contributed by atoms with Crippen LogP contribution in [0, 0.1) is 0 Å². The molecule has 12 heteroatoms. The van der Waals surface area contributed by atoms with Gasteiger partial charge < -0.3 is 14.4 Å². The van der Waals surface area contributed by atoms with Crippen LogP contribution in [0.1, 0.15) is 29.7 Å². The summed E-state index contributed by atoms with van der Waals surface area (Å²) in [6.07, 6.45) is -2.98. The molecule has 1 atom stereocenters. The van der Waals surface area contributed by atoms with Gasteiger partial charge in [-0.05, 0) is 49.2 Å². The Kier molecular flexibility index (Phi) is 8.46. The Morgan fingerprint density at radius 1 is 1.05 bits per heavy atom. The normalized spacial score (nSPS) is 16.1. The van der Waals surface area contributed by atoms with Crippen LogP contribution in [-0.2, 0) is 19.1 Å². The number of hydrogen-bond acceptors (Lipinski definition) is 9. The van der Waals surface area contributed by atoms with E-state index in [2.05, 4.69) is 31.8 Å². The molecule has 1 aliphatic rings. The number of fused-ring (bicyclic) bond motifs is 1. The third-order valence-corrected chi connectivity index (χ3v) is 7.63. The van der Waals surface area contributed by atoms with Crippen LogP contribution in [0.2, 0.25) is 0 Å². The molecule has 1 N–H and O–H groups in total. The van der Waals surface area contributed by atoms with Gasteiger partial charge in [-0.1, -0.05) is 12.1 Å². The summed E-state index contributed by atoms with van der Waals surface area (Å²) in [7, 11) is 0. The fourth-order valence-electron chi connectivity index (χ4n) is 4.48. The Hall–Kier alpha value is -3.06. The van der Waals surface area contributed by atoms with Gasteiger partial charge in [-0.15, -0.1) is 11.3 Å². The lowest BCUT2D eigenvalue weighted by Gasteiger charge is -2.34. The zero-order valence-electron chi connectivity index (χ0n) is 21.5. The number of piperazine rings is 1. The molecule has 0 saturated carbocycles. The van der Waals surface area contributed by atoms with Gasteiger partial charge in [0.15, 0.2) is 5.82 Å². The molecule has 1 saturated heterocycles. The second-order valence-corrected chi connectivity index (χ2v) is 10.7. The fourth-order valence-corrected chi connectivity index (χ4v) is 5.53. The van der Waals surface area contributed by atoms with Gasteiger partial charge in [0.2, 0.25) is 0 Å². The number of hydrogen-bond donors (Lipinski definition) is 1. The number of aromatic nitrogens is 3. The second-order valence-electron chi connectivity index (χ2n) is 9.62. The van der Waals surface area contributed by atoms with E-state index in [1.54, 1.807) is 11.3 Å². The zero-order chi connectivity index (χ0) is 27.4. The average Bonchev–Trinajstić information content (AvgIpc) is 3.55. The molecular formula is C27H30F3N5O3S. The van der Waals surface area contributed by atoms with Crippen LogP contribution in [0.3, 0.4) is 0 Å². The van der Waals surface area contributed by atoms with Gasteiger partial charge in [-0.2, -0.15) is 18.2 Å². The zero-order valence-corrected chi connectivity index (χ0v) is 22.3. The van der Waals surface area contributed by atoms with Crippen molar-refractivity contribution in [2.24, 2.45) is 0 Å². The van der Waals surface area contributed by atoms with E-state index >= 15 is 0 Å². The largest absolute Gasteiger partial charge is 0.491 e. The van der Waals surface area contributed by atoms with Crippen LogP contribution in [0.15, 0.2) is 47.0 Å². The molecule has 0 amide bonds. The quantitative estimate of drug-likeness (QED) is 0.293. The number of aliphatic hydroxyl groups is 1. The van der Waals surface area contributed by atoms with E-state index in [0.717, 1.165) is 66.4 Å². The smallest absolute Gasteiger partial charge is 0.416 e. The minimum atomic E-state index is -4.39. The van der Waals surface area contributed by atoms with Gasteiger partial charge in [0.1, 0.15) is 18.5 Å². The first kappa shape index (κ1) is 27.5. The van der Waals surface area contributed by atoms with Gasteiger partial charge in [-0.25, -0.2) is 4.98 Å². The highest BCUT2D eigenvalue weighted by Crippen LogP contribution is 2.31. The van der Waals surface area contributed by atoms with E-state index in [9.17, 15) is 18.3 Å². The number of nitrogens with zero attached hydrogens (tertiary/aromatic N) is 5. The topological polar surface area (TPSA) is 87.8 Å². The summed E-state index contributed by atoms with van der Waals surface area (Å²) in [5.74, 6) is 1.37. The number of thiazole rings is 1. The molecule has 3 heterocycles. The van der Waals surface area contributed by atoms with E-state index in [-0.39, 0.29) is 12.5 Å². The maximum Gasteiger partial charge on any atom is 0.416 e. The molecule has 1 aliphatic heterocycles. The summed E-state index contributed by atoms with van der Waals surface area (Å²) in [6, 6.07) is 10.5. The first-order valence-electron chi connectivity index (χ1n) is 12.9. The molecule has 5 rings (SSSR count). The SMILES string of the molecule is CCCc1nc2cc(OC[C@H](O)CN3CCN(Cc4noc(-c5ccc(C(F)(F)F)cc5)n4)CC3)ccc2s1. The van der Waals surface area contributed by atoms with E-state index in [0.29, 0.717) is 30.2 Å². The maximum absolute atomic E-state index is 12.8. The van der Waals surface area contributed by atoms with E-state index in [4.69, 9.17) is 9.26 Å². The van der Waals surface area contributed by atoms with Crippen molar-refractivity contribution in [3.05, 3.63) is 58.9 Å². The van der Waals surface area contributed by atoms with Crippen LogP contribution in [0.25, 0.3) is 21.7 Å². The Balaban J connectivity index is 1.05. The van der Waals surface area contributed by atoms with Crippen LogP contribution in [0.4, 0.5) is 13.2 Å². The molecule has 2 aromatic carbocycles. The number of rotatable bonds is 10. The van der Waals surface area contributed by atoms with Crippen molar-refractivity contribution in [1.82, 2.24) is 24.9 Å². The maximum atomic E-state index is 12.8. The Morgan fingerprint density at radius 3 is 2.51 bits per heavy atom. The minimum absolute atomic E-state index is 0.191. The Labute approximate surface area is 228 Å². The molecule has 0 spiro atoms. The molecule has 0 radical (unpaired) electrons. The first-order chi connectivity index (χ1) is 18.8. The first-order valence-corrected chi connectivity index (χ1v) is 13.7. The number of benzene rings is 2. The summed E-state index contributed by atoms with van der Waals surface area (Å²) in [4.78, 5) is 13.4. The Bertz CT molecular complexity index is 1370. The Morgan fingerprint density at radius 2 is 1.79 bits per heavy atom. The van der Waals surface area contributed by atoms with E-state index < -0.39 is 17.8 Å². The number of halogens is 3. The van der Waals surface area contributed by atoms with Crippen LogP contribution in [0.5, 0.6) is 5.75 Å². The highest BCUT2D eigenvalue weighted by Gasteiger charge is 2.30. The van der Waals surface area contributed by atoms with Crippen molar-refractivity contribution in [1.29, 1.82) is 0 Å². The molecule has 1 fully saturated rings. The van der Waals surface area contributed by atoms with Crippen LogP contribution in [-0.4, -0.2) is 75.5 Å². The lowest BCUT2D eigenvalue weighted by atomic mass is 10.1. The molecule has 2 aromatic heterocycles. The van der Waals surface area contributed by atoms with Crippen LogP contribution < -0.4 is 4.74 Å². The molecule has 39 heavy (non-hydrogen) atoms. The third kappa shape index (κ3) is 7.13. The average molecular weight is 562 g/mol. The van der Waals surface area contributed by atoms with Gasteiger partial charge in [0.05, 0.1) is 27.3 Å². The summed E-state index contributed by atoms with van der Waals surface area (Å²) in [6.45, 7) is 6.39. The summed E-state index contributed by atoms with van der Waals surface area (Å²) < 4.78 is 50.6. The van der Waals surface area contributed by atoms with E-state index in [1.807, 2.05) is 18.2 Å². The molecular weight excluding hydrogens is 531 g/mol. The predicted octanol–water partition coefficient (Wildman–Crippen LogP) is 4.88. The van der Waals surface area contributed by atoms with Gasteiger partial charge >= 0.3 is 6.18 Å². The molecule has 8 nitrogen and oxygen atoms in total. The molecule has 4 aromatic rings. The molecule has 0 unspecified atom stereocenters. The number of β-amino-alcohol motifs (C(OH)–C–C–N with tert-alkyl or cyclic N) is 1. The molecule has 208 valence electrons. The van der Waals surface area contributed by atoms with Crippen molar-refractivity contribution in [3.8, 4) is 17.2 Å². The fraction of sp³-hybridized carbons (Fsp3) is 0.444. The van der Waals surface area contributed by atoms with Gasteiger partial charge in [-0.3, -0.25) is 9.80 Å². The lowest BCUT2D eigenvalue weighted by Crippen LogP contribution is -2.48. The summed E-state index contributed by atoms with van der Waals surface area (Å²) >= 11 is 1.71. The number of ether oxygens (including phenoxy) is 1. The standard InChI is InChI=1S/C27H30F3N5O3S/c1-2-3-25-31-22-14-21(8-9-23(22)39-25)37-17-20(36)15-34-10-12-35(13-11-34)16-24-32-26(38-33-24)18-4-6-19(7-5-18)27(28,29)30/h4-9,14,20,36H,2-3,10-13,15-17H2,1H3/t20-/m1/s1. The van der Waals surface area contributed by atoms with Gasteiger partial charge in [0, 0.05) is 44.4 Å². The second kappa shape index (κ2) is 12.0. The number of alkyl halides is 3. The minimum Gasteiger partial charge on any atom is -0.491 e. The van der Waals surface area contributed by atoms with E-state index in [1.165, 1.54) is 12.1 Å². The highest BCUT2D eigenvalue weighted by molar-refractivity contribution is 7.18. The third-order valence-electron chi connectivity index (χ3n) is 6.54. The summed E-state index contributed by atoms with van der Waals surface area (Å²) in [5, 5.41) is 15.6. The van der Waals surface area contributed by atoms with Gasteiger partial charge in [0.25, 0.3) is 5.89 Å². The monoisotopic (exact) mass is 561 g/mol. The van der Waals surface area contributed by atoms with Crippen molar-refractivity contribution in [2.75, 3.05) is 39.3 Å². The van der Waals surface area contributed by atoms with Crippen LogP contribution >= 0.6 is 11.3 Å². The highest BCUT2D eigenvalue weighted by atomic mass is 32.1. The molecule has 0 bridgehead atoms. The molecule has 0 aliphatic carbocycles. The van der Waals surface area contributed by atoms with Crippen molar-refractivity contribution in [2.45, 2.75) is 38.6 Å². The van der Waals surface area contributed by atoms with Crippen molar-refractivity contribution in [3.63, 3.8) is 0 Å². The van der Waals surface area contributed by atoms with Crippen molar-refractivity contribution < 1.29 is 27.5 Å².